The summed E-state index contributed by atoms with van der Waals surface area (Å²) in [6, 6.07) is 0. The van der Waals surface area contributed by atoms with Gasteiger partial charge in [0.2, 0.25) is 0 Å². The number of hydrogen-bond acceptors (Lipinski definition) is 4. The molecule has 0 bridgehead atoms. The highest BCUT2D eigenvalue weighted by molar-refractivity contribution is 5.68. The Kier molecular flexibility index (Phi) is 12.2. The van der Waals surface area contributed by atoms with Crippen molar-refractivity contribution in [3.8, 4) is 0 Å². The molecule has 0 saturated heterocycles. The van der Waals surface area contributed by atoms with E-state index >= 15 is 0 Å². The molecule has 4 heteroatoms. The minimum atomic E-state index is -0.239. The normalized spacial score (nSPS) is 10.6. The summed E-state index contributed by atoms with van der Waals surface area (Å²) in [6.45, 7) is 1.79. The molecule has 0 aliphatic rings. The van der Waals surface area contributed by atoms with Gasteiger partial charge in [-0.3, -0.25) is 9.59 Å². The molecule has 0 aliphatic heterocycles. The fraction of sp³-hybridized carbons (Fsp3) is 0.733. The van der Waals surface area contributed by atoms with Crippen molar-refractivity contribution in [1.82, 2.24) is 0 Å². The number of hydrogen-bond donors (Lipinski definition) is 0. The zero-order valence-corrected chi connectivity index (χ0v) is 12.2. The predicted octanol–water partition coefficient (Wildman–Crippen LogP) is 3.40. The highest BCUT2D eigenvalue weighted by Crippen LogP contribution is 2.09. The standard InChI is InChI=1S/C15H26O4/c1-14(16)19-13-11-9-7-5-3-4-6-8-10-12-15(17)18-2/h9,11H,3-8,10,12-13H2,1-2H3/b11-9+. The van der Waals surface area contributed by atoms with Crippen molar-refractivity contribution < 1.29 is 19.1 Å². The number of carbonyl (C=O) groups is 2. The van der Waals surface area contributed by atoms with Crippen molar-refractivity contribution in [1.29, 1.82) is 0 Å². The summed E-state index contributed by atoms with van der Waals surface area (Å²) in [5, 5.41) is 0. The third kappa shape index (κ3) is 14.6. The molecule has 0 atom stereocenters. The summed E-state index contributed by atoms with van der Waals surface area (Å²) in [7, 11) is 1.43. The van der Waals surface area contributed by atoms with E-state index in [1.165, 1.54) is 33.3 Å². The van der Waals surface area contributed by atoms with Gasteiger partial charge in [-0.15, -0.1) is 0 Å². The molecule has 0 spiro atoms. The summed E-state index contributed by atoms with van der Waals surface area (Å²) in [6.07, 6.45) is 12.3. The molecule has 4 nitrogen and oxygen atoms in total. The molecule has 0 aromatic heterocycles. The van der Waals surface area contributed by atoms with Crippen LogP contribution in [0.3, 0.4) is 0 Å². The van der Waals surface area contributed by atoms with E-state index in [0.29, 0.717) is 13.0 Å². The quantitative estimate of drug-likeness (QED) is 0.328. The average Bonchev–Trinajstić information content (AvgIpc) is 2.39. The molecule has 0 aromatic carbocycles. The first-order valence-corrected chi connectivity index (χ1v) is 7.02. The van der Waals surface area contributed by atoms with E-state index in [4.69, 9.17) is 4.74 Å². The minimum Gasteiger partial charge on any atom is -0.469 e. The molecule has 0 heterocycles. The van der Waals surface area contributed by atoms with Crippen molar-refractivity contribution in [2.24, 2.45) is 0 Å². The Morgan fingerprint density at radius 2 is 1.58 bits per heavy atom. The van der Waals surface area contributed by atoms with Crippen molar-refractivity contribution in [3.63, 3.8) is 0 Å². The van der Waals surface area contributed by atoms with Crippen molar-refractivity contribution in [2.45, 2.75) is 58.3 Å². The van der Waals surface area contributed by atoms with E-state index < -0.39 is 0 Å². The molecular formula is C15H26O4. The lowest BCUT2D eigenvalue weighted by molar-refractivity contribution is -0.141. The molecule has 0 radical (unpaired) electrons. The van der Waals surface area contributed by atoms with Gasteiger partial charge >= 0.3 is 11.9 Å². The SMILES string of the molecule is COC(=O)CCCCCCCC/C=C/COC(C)=O. The van der Waals surface area contributed by atoms with Gasteiger partial charge in [-0.2, -0.15) is 0 Å². The van der Waals surface area contributed by atoms with Crippen molar-refractivity contribution in [2.75, 3.05) is 13.7 Å². The van der Waals surface area contributed by atoms with Crippen LogP contribution in [-0.2, 0) is 19.1 Å². The molecule has 0 amide bonds. The first-order chi connectivity index (χ1) is 9.16. The molecule has 110 valence electrons. The van der Waals surface area contributed by atoms with Crippen LogP contribution < -0.4 is 0 Å². The van der Waals surface area contributed by atoms with Gasteiger partial charge in [-0.1, -0.05) is 37.8 Å². The smallest absolute Gasteiger partial charge is 0.305 e. The van der Waals surface area contributed by atoms with Crippen LogP contribution in [0.1, 0.15) is 58.3 Å². The maximum Gasteiger partial charge on any atom is 0.305 e. The summed E-state index contributed by atoms with van der Waals surface area (Å²) < 4.78 is 9.36. The van der Waals surface area contributed by atoms with E-state index in [1.54, 1.807) is 0 Å². The van der Waals surface area contributed by atoms with E-state index in [9.17, 15) is 9.59 Å². The topological polar surface area (TPSA) is 52.6 Å². The molecule has 0 unspecified atom stereocenters. The van der Waals surface area contributed by atoms with Gasteiger partial charge in [-0.05, 0) is 19.3 Å². The summed E-state index contributed by atoms with van der Waals surface area (Å²) in [5.41, 5.74) is 0. The lowest BCUT2D eigenvalue weighted by Crippen LogP contribution is -1.99. The van der Waals surface area contributed by atoms with Crippen molar-refractivity contribution >= 4 is 11.9 Å². The molecule has 0 saturated carbocycles. The Morgan fingerprint density at radius 1 is 0.947 bits per heavy atom. The number of esters is 2. The van der Waals surface area contributed by atoms with Gasteiger partial charge in [0.05, 0.1) is 7.11 Å². The number of methoxy groups -OCH3 is 1. The van der Waals surface area contributed by atoms with Gasteiger partial charge in [-0.25, -0.2) is 0 Å². The highest BCUT2D eigenvalue weighted by atomic mass is 16.5. The Balaban J connectivity index is 3.14. The monoisotopic (exact) mass is 270 g/mol. The zero-order valence-electron chi connectivity index (χ0n) is 12.2. The predicted molar refractivity (Wildman–Crippen MR) is 74.7 cm³/mol. The second-order valence-electron chi connectivity index (χ2n) is 4.51. The van der Waals surface area contributed by atoms with Gasteiger partial charge in [0, 0.05) is 13.3 Å². The van der Waals surface area contributed by atoms with E-state index in [0.717, 1.165) is 25.7 Å². The van der Waals surface area contributed by atoms with Gasteiger partial charge < -0.3 is 9.47 Å². The third-order valence-electron chi connectivity index (χ3n) is 2.78. The highest BCUT2D eigenvalue weighted by Gasteiger charge is 1.98. The fourth-order valence-electron chi connectivity index (χ4n) is 1.69. The lowest BCUT2D eigenvalue weighted by Gasteiger charge is -2.00. The molecule has 0 fully saturated rings. The van der Waals surface area contributed by atoms with Gasteiger partial charge in [0.1, 0.15) is 6.61 Å². The van der Waals surface area contributed by atoms with Crippen LogP contribution in [0.25, 0.3) is 0 Å². The Labute approximate surface area is 116 Å². The van der Waals surface area contributed by atoms with Crippen LogP contribution in [0.15, 0.2) is 12.2 Å². The number of rotatable bonds is 11. The first kappa shape index (κ1) is 17.7. The largest absolute Gasteiger partial charge is 0.469 e. The Bertz CT molecular complexity index is 271. The van der Waals surface area contributed by atoms with Crippen LogP contribution in [0, 0.1) is 0 Å². The second kappa shape index (κ2) is 13.1. The van der Waals surface area contributed by atoms with Crippen LogP contribution in [0.4, 0.5) is 0 Å². The average molecular weight is 270 g/mol. The van der Waals surface area contributed by atoms with Crippen LogP contribution in [0.2, 0.25) is 0 Å². The molecule has 0 N–H and O–H groups in total. The number of carbonyl (C=O) groups excluding carboxylic acids is 2. The molecular weight excluding hydrogens is 244 g/mol. The Morgan fingerprint density at radius 3 is 2.21 bits per heavy atom. The zero-order chi connectivity index (χ0) is 14.3. The van der Waals surface area contributed by atoms with Gasteiger partial charge in [0.15, 0.2) is 0 Å². The van der Waals surface area contributed by atoms with Crippen LogP contribution in [-0.4, -0.2) is 25.7 Å². The maximum atomic E-state index is 10.9. The lowest BCUT2D eigenvalue weighted by atomic mass is 10.1. The van der Waals surface area contributed by atoms with Crippen LogP contribution >= 0.6 is 0 Å². The fourth-order valence-corrected chi connectivity index (χ4v) is 1.69. The maximum absolute atomic E-state index is 10.9. The summed E-state index contributed by atoms with van der Waals surface area (Å²) >= 11 is 0. The first-order valence-electron chi connectivity index (χ1n) is 7.02. The molecule has 0 aromatic rings. The number of allylic oxidation sites excluding steroid dienone is 1. The van der Waals surface area contributed by atoms with E-state index in [2.05, 4.69) is 10.8 Å². The second-order valence-corrected chi connectivity index (χ2v) is 4.51. The summed E-state index contributed by atoms with van der Waals surface area (Å²) in [5.74, 6) is -0.352. The van der Waals surface area contributed by atoms with E-state index in [-0.39, 0.29) is 11.9 Å². The third-order valence-corrected chi connectivity index (χ3v) is 2.78. The molecule has 19 heavy (non-hydrogen) atoms. The molecule has 0 rings (SSSR count). The van der Waals surface area contributed by atoms with Gasteiger partial charge in [0.25, 0.3) is 0 Å². The van der Waals surface area contributed by atoms with E-state index in [1.807, 2.05) is 6.08 Å². The van der Waals surface area contributed by atoms with Crippen LogP contribution in [0.5, 0.6) is 0 Å². The summed E-state index contributed by atoms with van der Waals surface area (Å²) in [4.78, 5) is 21.3. The Hall–Kier alpha value is -1.32. The molecule has 0 aliphatic carbocycles. The number of unbranched alkanes of at least 4 members (excludes halogenated alkanes) is 6. The number of ether oxygens (including phenoxy) is 2. The van der Waals surface area contributed by atoms with Crippen molar-refractivity contribution in [3.05, 3.63) is 12.2 Å². The minimum absolute atomic E-state index is 0.113.